The molecule has 0 bridgehead atoms. The molecule has 2 fully saturated rings. The van der Waals surface area contributed by atoms with E-state index in [2.05, 4.69) is 24.1 Å². The molecule has 1 heterocycles. The average molecular weight is 274 g/mol. The van der Waals surface area contributed by atoms with Crippen molar-refractivity contribution in [1.82, 2.24) is 9.97 Å². The van der Waals surface area contributed by atoms with Gasteiger partial charge >= 0.3 is 0 Å². The first kappa shape index (κ1) is 13.7. The van der Waals surface area contributed by atoms with Crippen LogP contribution in [0.4, 0.5) is 11.6 Å². The van der Waals surface area contributed by atoms with E-state index in [9.17, 15) is 0 Å². The second-order valence-electron chi connectivity index (χ2n) is 6.29. The van der Waals surface area contributed by atoms with E-state index in [1.807, 2.05) is 7.05 Å². The van der Waals surface area contributed by atoms with Crippen molar-refractivity contribution in [3.05, 3.63) is 11.4 Å². The summed E-state index contributed by atoms with van der Waals surface area (Å²) in [6.07, 6.45) is 6.45. The Bertz CT molecular complexity index is 478. The standard InChI is InChI=1S/C16H26N4/c1-4-9-20(10-12-5-6-12)16-11(2)14(17-3)18-15(19-16)13-7-8-13/h12-13H,4-10H2,1-3H3,(H,17,18,19). The van der Waals surface area contributed by atoms with Crippen LogP contribution in [-0.2, 0) is 0 Å². The lowest BCUT2D eigenvalue weighted by Crippen LogP contribution is -2.29. The van der Waals surface area contributed by atoms with Crippen LogP contribution in [0.1, 0.15) is 56.3 Å². The predicted octanol–water partition coefficient (Wildman–Crippen LogP) is 3.33. The normalized spacial score (nSPS) is 18.1. The highest BCUT2D eigenvalue weighted by Gasteiger charge is 2.30. The van der Waals surface area contributed by atoms with Gasteiger partial charge < -0.3 is 10.2 Å². The van der Waals surface area contributed by atoms with Gasteiger partial charge in [0.15, 0.2) is 0 Å². The number of aromatic nitrogens is 2. The van der Waals surface area contributed by atoms with Crippen LogP contribution < -0.4 is 10.2 Å². The lowest BCUT2D eigenvalue weighted by Gasteiger charge is -2.26. The molecule has 110 valence electrons. The Morgan fingerprint density at radius 1 is 1.20 bits per heavy atom. The first-order valence-corrected chi connectivity index (χ1v) is 8.04. The van der Waals surface area contributed by atoms with Crippen LogP contribution >= 0.6 is 0 Å². The molecule has 0 aliphatic heterocycles. The second-order valence-corrected chi connectivity index (χ2v) is 6.29. The topological polar surface area (TPSA) is 41.1 Å². The minimum absolute atomic E-state index is 0.603. The Balaban J connectivity index is 1.92. The molecule has 4 nitrogen and oxygen atoms in total. The van der Waals surface area contributed by atoms with E-state index in [-0.39, 0.29) is 0 Å². The zero-order valence-electron chi connectivity index (χ0n) is 12.9. The maximum Gasteiger partial charge on any atom is 0.137 e. The van der Waals surface area contributed by atoms with E-state index in [4.69, 9.17) is 9.97 Å². The first-order valence-electron chi connectivity index (χ1n) is 8.04. The molecule has 0 saturated heterocycles. The summed E-state index contributed by atoms with van der Waals surface area (Å²) in [6.45, 7) is 6.66. The monoisotopic (exact) mass is 274 g/mol. The molecule has 0 aromatic carbocycles. The number of hydrogen-bond acceptors (Lipinski definition) is 4. The van der Waals surface area contributed by atoms with Crippen LogP contribution in [0.3, 0.4) is 0 Å². The molecule has 3 rings (SSSR count). The molecule has 0 unspecified atom stereocenters. The molecule has 2 aliphatic carbocycles. The summed E-state index contributed by atoms with van der Waals surface area (Å²) >= 11 is 0. The van der Waals surface area contributed by atoms with Crippen molar-refractivity contribution in [2.24, 2.45) is 5.92 Å². The number of hydrogen-bond donors (Lipinski definition) is 1. The van der Waals surface area contributed by atoms with Crippen LogP contribution in [0.2, 0.25) is 0 Å². The van der Waals surface area contributed by atoms with Crippen LogP contribution in [-0.4, -0.2) is 30.1 Å². The van der Waals surface area contributed by atoms with Gasteiger partial charge in [0.1, 0.15) is 17.5 Å². The van der Waals surface area contributed by atoms with E-state index < -0.39 is 0 Å². The van der Waals surface area contributed by atoms with Gasteiger partial charge in [-0.1, -0.05) is 6.92 Å². The third-order valence-electron chi connectivity index (χ3n) is 4.29. The van der Waals surface area contributed by atoms with Crippen molar-refractivity contribution < 1.29 is 0 Å². The van der Waals surface area contributed by atoms with Crippen LogP contribution in [0.25, 0.3) is 0 Å². The quantitative estimate of drug-likeness (QED) is 0.828. The Morgan fingerprint density at radius 2 is 1.95 bits per heavy atom. The molecule has 1 aromatic heterocycles. The molecule has 1 N–H and O–H groups in total. The smallest absolute Gasteiger partial charge is 0.137 e. The van der Waals surface area contributed by atoms with E-state index >= 15 is 0 Å². The highest BCUT2D eigenvalue weighted by Crippen LogP contribution is 2.40. The SMILES string of the molecule is CCCN(CC1CC1)c1nc(C2CC2)nc(NC)c1C. The molecule has 2 aliphatic rings. The first-order chi connectivity index (χ1) is 9.72. The second kappa shape index (κ2) is 5.58. The minimum atomic E-state index is 0.603. The summed E-state index contributed by atoms with van der Waals surface area (Å²) < 4.78 is 0. The summed E-state index contributed by atoms with van der Waals surface area (Å²) in [6, 6.07) is 0. The lowest BCUT2D eigenvalue weighted by molar-refractivity contribution is 0.691. The number of rotatable bonds is 7. The molecule has 0 atom stereocenters. The van der Waals surface area contributed by atoms with Crippen molar-refractivity contribution in [3.63, 3.8) is 0 Å². The van der Waals surface area contributed by atoms with Gasteiger partial charge in [-0.3, -0.25) is 0 Å². The fraction of sp³-hybridized carbons (Fsp3) is 0.750. The van der Waals surface area contributed by atoms with Gasteiger partial charge in [0.25, 0.3) is 0 Å². The Labute approximate surface area is 122 Å². The van der Waals surface area contributed by atoms with Gasteiger partial charge in [-0.2, -0.15) is 0 Å². The summed E-state index contributed by atoms with van der Waals surface area (Å²) in [5.74, 6) is 4.71. The highest BCUT2D eigenvalue weighted by molar-refractivity contribution is 5.59. The van der Waals surface area contributed by atoms with E-state index in [1.165, 1.54) is 50.0 Å². The van der Waals surface area contributed by atoms with Crippen LogP contribution in [0, 0.1) is 12.8 Å². The summed E-state index contributed by atoms with van der Waals surface area (Å²) in [4.78, 5) is 12.1. The maximum atomic E-state index is 4.92. The number of anilines is 2. The van der Waals surface area contributed by atoms with Crippen molar-refractivity contribution in [3.8, 4) is 0 Å². The van der Waals surface area contributed by atoms with Crippen LogP contribution in [0.5, 0.6) is 0 Å². The number of nitrogens with zero attached hydrogens (tertiary/aromatic N) is 3. The summed E-state index contributed by atoms with van der Waals surface area (Å²) in [7, 11) is 1.96. The fourth-order valence-corrected chi connectivity index (χ4v) is 2.76. The molecular weight excluding hydrogens is 248 g/mol. The Kier molecular flexibility index (Phi) is 3.81. The molecule has 4 heteroatoms. The van der Waals surface area contributed by atoms with Gasteiger partial charge in [-0.15, -0.1) is 0 Å². The molecule has 20 heavy (non-hydrogen) atoms. The minimum Gasteiger partial charge on any atom is -0.373 e. The molecular formula is C16H26N4. The molecule has 0 amide bonds. The largest absolute Gasteiger partial charge is 0.373 e. The van der Waals surface area contributed by atoms with Crippen molar-refractivity contribution in [1.29, 1.82) is 0 Å². The third kappa shape index (κ3) is 2.89. The lowest BCUT2D eigenvalue weighted by atomic mass is 10.2. The van der Waals surface area contributed by atoms with E-state index in [1.54, 1.807) is 0 Å². The van der Waals surface area contributed by atoms with Crippen LogP contribution in [0.15, 0.2) is 0 Å². The summed E-state index contributed by atoms with van der Waals surface area (Å²) in [5, 5.41) is 3.25. The Hall–Kier alpha value is -1.32. The van der Waals surface area contributed by atoms with Crippen molar-refractivity contribution in [2.45, 2.75) is 51.9 Å². The van der Waals surface area contributed by atoms with Gasteiger partial charge in [-0.05, 0) is 44.9 Å². The average Bonchev–Trinajstić information content (AvgIpc) is 3.31. The molecule has 2 saturated carbocycles. The van der Waals surface area contributed by atoms with Gasteiger partial charge in [0.2, 0.25) is 0 Å². The fourth-order valence-electron chi connectivity index (χ4n) is 2.76. The number of nitrogens with one attached hydrogen (secondary N) is 1. The maximum absolute atomic E-state index is 4.92. The third-order valence-corrected chi connectivity index (χ3v) is 4.29. The molecule has 1 aromatic rings. The van der Waals surface area contributed by atoms with E-state index in [0.29, 0.717) is 5.92 Å². The van der Waals surface area contributed by atoms with Crippen molar-refractivity contribution >= 4 is 11.6 Å². The highest BCUT2D eigenvalue weighted by atomic mass is 15.2. The van der Waals surface area contributed by atoms with Gasteiger partial charge in [0.05, 0.1) is 0 Å². The van der Waals surface area contributed by atoms with E-state index in [0.717, 1.165) is 24.1 Å². The zero-order valence-corrected chi connectivity index (χ0v) is 12.9. The zero-order chi connectivity index (χ0) is 14.1. The van der Waals surface area contributed by atoms with Crippen molar-refractivity contribution in [2.75, 3.05) is 30.4 Å². The van der Waals surface area contributed by atoms with Gasteiger partial charge in [0, 0.05) is 31.6 Å². The molecule has 0 radical (unpaired) electrons. The Morgan fingerprint density at radius 3 is 2.50 bits per heavy atom. The molecule has 0 spiro atoms. The summed E-state index contributed by atoms with van der Waals surface area (Å²) in [5.41, 5.74) is 1.20. The predicted molar refractivity (Wildman–Crippen MR) is 83.5 cm³/mol. The van der Waals surface area contributed by atoms with Gasteiger partial charge in [-0.25, -0.2) is 9.97 Å².